The van der Waals surface area contributed by atoms with E-state index in [0.717, 1.165) is 0 Å². The SMILES string of the molecule is OCCn1cnc(CO)c1. The van der Waals surface area contributed by atoms with Gasteiger partial charge in [0, 0.05) is 12.7 Å². The summed E-state index contributed by atoms with van der Waals surface area (Å²) in [7, 11) is 0. The highest BCUT2D eigenvalue weighted by molar-refractivity contribution is 4.93. The Hall–Kier alpha value is -0.870. The summed E-state index contributed by atoms with van der Waals surface area (Å²) in [6.07, 6.45) is 3.29. The van der Waals surface area contributed by atoms with Gasteiger partial charge in [-0.2, -0.15) is 0 Å². The average Bonchev–Trinajstić information content (AvgIpc) is 2.37. The van der Waals surface area contributed by atoms with Crippen molar-refractivity contribution >= 4 is 0 Å². The van der Waals surface area contributed by atoms with E-state index in [1.54, 1.807) is 17.1 Å². The van der Waals surface area contributed by atoms with Crippen LogP contribution in [0.15, 0.2) is 12.5 Å². The molecule has 0 fully saturated rings. The van der Waals surface area contributed by atoms with Gasteiger partial charge in [-0.3, -0.25) is 0 Å². The summed E-state index contributed by atoms with van der Waals surface area (Å²) in [4.78, 5) is 3.86. The molecule has 1 aromatic heterocycles. The molecule has 0 unspecified atom stereocenters. The molecule has 1 heterocycles. The van der Waals surface area contributed by atoms with Crippen molar-refractivity contribution in [2.45, 2.75) is 13.2 Å². The summed E-state index contributed by atoms with van der Waals surface area (Å²) in [6, 6.07) is 0. The lowest BCUT2D eigenvalue weighted by Crippen LogP contribution is -1.98. The predicted octanol–water partition coefficient (Wildman–Crippen LogP) is -0.632. The summed E-state index contributed by atoms with van der Waals surface area (Å²) < 4.78 is 1.73. The number of aliphatic hydroxyl groups is 2. The van der Waals surface area contributed by atoms with Gasteiger partial charge in [-0.15, -0.1) is 0 Å². The molecule has 0 aliphatic carbocycles. The molecule has 0 spiro atoms. The van der Waals surface area contributed by atoms with Crippen molar-refractivity contribution in [3.63, 3.8) is 0 Å². The Kier molecular flexibility index (Phi) is 2.42. The highest BCUT2D eigenvalue weighted by Crippen LogP contribution is 1.94. The van der Waals surface area contributed by atoms with Crippen LogP contribution in [0.5, 0.6) is 0 Å². The lowest BCUT2D eigenvalue weighted by Gasteiger charge is -1.93. The van der Waals surface area contributed by atoms with Crippen LogP contribution >= 0.6 is 0 Å². The Morgan fingerprint density at radius 2 is 2.30 bits per heavy atom. The lowest BCUT2D eigenvalue weighted by molar-refractivity contribution is 0.272. The first-order valence-corrected chi connectivity index (χ1v) is 3.09. The van der Waals surface area contributed by atoms with Crippen LogP contribution in [0.1, 0.15) is 5.69 Å². The molecule has 0 saturated carbocycles. The Bertz CT molecular complexity index is 197. The molecule has 0 bridgehead atoms. The Morgan fingerprint density at radius 1 is 1.50 bits per heavy atom. The molecule has 56 valence electrons. The molecule has 0 radical (unpaired) electrons. The van der Waals surface area contributed by atoms with Crippen molar-refractivity contribution < 1.29 is 10.2 Å². The molecule has 0 amide bonds. The first-order chi connectivity index (χ1) is 4.86. The second kappa shape index (κ2) is 3.34. The molecule has 10 heavy (non-hydrogen) atoms. The van der Waals surface area contributed by atoms with Gasteiger partial charge in [0.15, 0.2) is 0 Å². The highest BCUT2D eigenvalue weighted by atomic mass is 16.3. The van der Waals surface area contributed by atoms with Crippen LogP contribution in [0.4, 0.5) is 0 Å². The van der Waals surface area contributed by atoms with Gasteiger partial charge in [0.2, 0.25) is 0 Å². The van der Waals surface area contributed by atoms with Gasteiger partial charge in [-0.05, 0) is 0 Å². The summed E-state index contributed by atoms with van der Waals surface area (Å²) in [5.41, 5.74) is 0.633. The molecule has 0 aromatic carbocycles. The average molecular weight is 142 g/mol. The van der Waals surface area contributed by atoms with Crippen LogP contribution in [0.25, 0.3) is 0 Å². The van der Waals surface area contributed by atoms with Crippen molar-refractivity contribution in [3.05, 3.63) is 18.2 Å². The maximum absolute atomic E-state index is 8.58. The minimum absolute atomic E-state index is 0.0432. The molecule has 4 nitrogen and oxygen atoms in total. The third kappa shape index (κ3) is 1.55. The fraction of sp³-hybridized carbons (Fsp3) is 0.500. The van der Waals surface area contributed by atoms with E-state index >= 15 is 0 Å². The van der Waals surface area contributed by atoms with Crippen molar-refractivity contribution in [2.75, 3.05) is 6.61 Å². The third-order valence-electron chi connectivity index (χ3n) is 1.21. The molecule has 2 N–H and O–H groups in total. The van der Waals surface area contributed by atoms with Gasteiger partial charge in [-0.1, -0.05) is 0 Å². The number of aliphatic hydroxyl groups excluding tert-OH is 2. The molecule has 0 aliphatic heterocycles. The Morgan fingerprint density at radius 3 is 2.80 bits per heavy atom. The highest BCUT2D eigenvalue weighted by Gasteiger charge is 1.94. The van der Waals surface area contributed by atoms with E-state index in [1.807, 2.05) is 0 Å². The number of hydrogen-bond acceptors (Lipinski definition) is 3. The van der Waals surface area contributed by atoms with Gasteiger partial charge in [-0.25, -0.2) is 4.98 Å². The van der Waals surface area contributed by atoms with Crippen LogP contribution in [-0.2, 0) is 13.2 Å². The van der Waals surface area contributed by atoms with E-state index in [9.17, 15) is 0 Å². The van der Waals surface area contributed by atoms with Crippen molar-refractivity contribution in [2.24, 2.45) is 0 Å². The molecular formula is C6H10N2O2. The summed E-state index contributed by atoms with van der Waals surface area (Å²) in [5.74, 6) is 0. The van der Waals surface area contributed by atoms with Crippen LogP contribution in [0.3, 0.4) is 0 Å². The van der Waals surface area contributed by atoms with E-state index in [1.165, 1.54) is 0 Å². The summed E-state index contributed by atoms with van der Waals surface area (Å²) >= 11 is 0. The normalized spacial score (nSPS) is 10.2. The quantitative estimate of drug-likeness (QED) is 0.590. The van der Waals surface area contributed by atoms with E-state index in [0.29, 0.717) is 12.2 Å². The van der Waals surface area contributed by atoms with E-state index in [4.69, 9.17) is 10.2 Å². The Balaban J connectivity index is 2.59. The monoisotopic (exact) mass is 142 g/mol. The van der Waals surface area contributed by atoms with Crippen LogP contribution in [0, 0.1) is 0 Å². The second-order valence-corrected chi connectivity index (χ2v) is 1.98. The van der Waals surface area contributed by atoms with Gasteiger partial charge in [0.25, 0.3) is 0 Å². The maximum atomic E-state index is 8.58. The number of rotatable bonds is 3. The van der Waals surface area contributed by atoms with Gasteiger partial charge in [0.05, 0.1) is 25.2 Å². The summed E-state index contributed by atoms with van der Waals surface area (Å²) in [6.45, 7) is 0.590. The fourth-order valence-electron chi connectivity index (χ4n) is 0.726. The molecule has 4 heteroatoms. The largest absolute Gasteiger partial charge is 0.395 e. The third-order valence-corrected chi connectivity index (χ3v) is 1.21. The van der Waals surface area contributed by atoms with Crippen LogP contribution in [0.2, 0.25) is 0 Å². The molecule has 0 aliphatic rings. The fourth-order valence-corrected chi connectivity index (χ4v) is 0.726. The zero-order valence-corrected chi connectivity index (χ0v) is 5.56. The number of nitrogens with zero attached hydrogens (tertiary/aromatic N) is 2. The van der Waals surface area contributed by atoms with Crippen LogP contribution < -0.4 is 0 Å². The smallest absolute Gasteiger partial charge is 0.0951 e. The van der Waals surface area contributed by atoms with Crippen molar-refractivity contribution in [1.82, 2.24) is 9.55 Å². The van der Waals surface area contributed by atoms with Gasteiger partial charge < -0.3 is 14.8 Å². The lowest BCUT2D eigenvalue weighted by atomic mass is 10.5. The number of hydrogen-bond donors (Lipinski definition) is 2. The molecule has 0 saturated heterocycles. The van der Waals surface area contributed by atoms with Crippen molar-refractivity contribution in [1.29, 1.82) is 0 Å². The standard InChI is InChI=1S/C6H10N2O2/c9-2-1-8-3-6(4-10)7-5-8/h3,5,9-10H,1-2,4H2. The summed E-state index contributed by atoms with van der Waals surface area (Å²) in [5, 5.41) is 17.1. The molecular weight excluding hydrogens is 132 g/mol. The minimum atomic E-state index is -0.0432. The van der Waals surface area contributed by atoms with Gasteiger partial charge >= 0.3 is 0 Å². The first kappa shape index (κ1) is 7.24. The molecule has 0 atom stereocenters. The number of imidazole rings is 1. The van der Waals surface area contributed by atoms with Crippen molar-refractivity contribution in [3.8, 4) is 0 Å². The second-order valence-electron chi connectivity index (χ2n) is 1.98. The zero-order valence-electron chi connectivity index (χ0n) is 5.56. The van der Waals surface area contributed by atoms with E-state index < -0.39 is 0 Å². The van der Waals surface area contributed by atoms with E-state index in [2.05, 4.69) is 4.98 Å². The predicted molar refractivity (Wildman–Crippen MR) is 35.2 cm³/mol. The van der Waals surface area contributed by atoms with Gasteiger partial charge in [0.1, 0.15) is 0 Å². The number of aromatic nitrogens is 2. The minimum Gasteiger partial charge on any atom is -0.395 e. The zero-order chi connectivity index (χ0) is 7.40. The Labute approximate surface area is 58.8 Å². The first-order valence-electron chi connectivity index (χ1n) is 3.09. The molecule has 1 rings (SSSR count). The topological polar surface area (TPSA) is 58.3 Å². The van der Waals surface area contributed by atoms with Crippen LogP contribution in [-0.4, -0.2) is 26.4 Å². The van der Waals surface area contributed by atoms with E-state index in [-0.39, 0.29) is 13.2 Å². The maximum Gasteiger partial charge on any atom is 0.0951 e. The molecule has 1 aromatic rings.